The van der Waals surface area contributed by atoms with Crippen LogP contribution in [0.3, 0.4) is 0 Å². The molecular weight excluding hydrogens is 420 g/mol. The van der Waals surface area contributed by atoms with E-state index in [1.807, 2.05) is 31.2 Å². The van der Waals surface area contributed by atoms with Crippen molar-refractivity contribution in [3.05, 3.63) is 65.1 Å². The smallest absolute Gasteiger partial charge is 0.412 e. The Morgan fingerprint density at radius 1 is 1.19 bits per heavy atom. The van der Waals surface area contributed by atoms with E-state index in [2.05, 4.69) is 40.0 Å². The molecule has 164 valence electrons. The van der Waals surface area contributed by atoms with Crippen LogP contribution in [-0.4, -0.2) is 20.6 Å². The summed E-state index contributed by atoms with van der Waals surface area (Å²) in [5.41, 5.74) is 6.21. The van der Waals surface area contributed by atoms with Gasteiger partial charge in [0.1, 0.15) is 22.4 Å². The summed E-state index contributed by atoms with van der Waals surface area (Å²) in [5, 5.41) is 4.48. The first-order valence-corrected chi connectivity index (χ1v) is 11.9. The molecule has 2 aromatic carbocycles. The molecular formula is C25H26N4O2S. The summed E-state index contributed by atoms with van der Waals surface area (Å²) in [7, 11) is 0. The maximum atomic E-state index is 12.5. The molecule has 2 aromatic heterocycles. The van der Waals surface area contributed by atoms with Crippen molar-refractivity contribution in [3.8, 4) is 10.6 Å². The van der Waals surface area contributed by atoms with Gasteiger partial charge in [0, 0.05) is 18.5 Å². The molecule has 7 heteroatoms. The summed E-state index contributed by atoms with van der Waals surface area (Å²) in [6, 6.07) is 14.3. The predicted molar refractivity (Wildman–Crippen MR) is 128 cm³/mol. The second-order valence-electron chi connectivity index (χ2n) is 8.11. The lowest BCUT2D eigenvalue weighted by molar-refractivity contribution is 0.155. The van der Waals surface area contributed by atoms with Gasteiger partial charge in [-0.05, 0) is 49.4 Å². The Balaban J connectivity index is 1.26. The normalized spacial score (nSPS) is 13.2. The molecule has 0 spiro atoms. The van der Waals surface area contributed by atoms with Crippen molar-refractivity contribution < 1.29 is 9.53 Å². The Morgan fingerprint density at radius 2 is 2.06 bits per heavy atom. The Kier molecular flexibility index (Phi) is 5.66. The van der Waals surface area contributed by atoms with Gasteiger partial charge in [0.05, 0.1) is 16.7 Å². The van der Waals surface area contributed by atoms with Gasteiger partial charge < -0.3 is 9.30 Å². The van der Waals surface area contributed by atoms with Crippen LogP contribution in [0, 0.1) is 6.92 Å². The van der Waals surface area contributed by atoms with E-state index in [-0.39, 0.29) is 6.61 Å². The highest BCUT2D eigenvalue weighted by Gasteiger charge is 2.16. The molecule has 0 aliphatic carbocycles. The maximum absolute atomic E-state index is 12.5. The van der Waals surface area contributed by atoms with Gasteiger partial charge in [0.2, 0.25) is 0 Å². The van der Waals surface area contributed by atoms with E-state index in [0.29, 0.717) is 5.00 Å². The minimum atomic E-state index is -0.476. The third-order valence-electron chi connectivity index (χ3n) is 5.93. The molecule has 0 atom stereocenters. The zero-order chi connectivity index (χ0) is 22.1. The lowest BCUT2D eigenvalue weighted by Gasteiger charge is -2.13. The van der Waals surface area contributed by atoms with Crippen LogP contribution in [0.5, 0.6) is 0 Å². The van der Waals surface area contributed by atoms with Gasteiger partial charge in [-0.1, -0.05) is 48.6 Å². The number of imidazole rings is 1. The molecule has 1 aliphatic heterocycles. The summed E-state index contributed by atoms with van der Waals surface area (Å²) in [5.74, 6) is 1.16. The average Bonchev–Trinajstić information content (AvgIpc) is 3.37. The van der Waals surface area contributed by atoms with E-state index in [0.717, 1.165) is 58.1 Å². The molecule has 0 bridgehead atoms. The Bertz CT molecular complexity index is 1290. The summed E-state index contributed by atoms with van der Waals surface area (Å²) in [4.78, 5) is 21.9. The van der Waals surface area contributed by atoms with Gasteiger partial charge in [-0.15, -0.1) is 0 Å². The SMILES string of the molecule is CCc1ccccc1-c1nc(C)c(NC(=O)OCc2ccc3c(c2)nc2n3CCCC2)s1. The number of aromatic nitrogens is 3. The van der Waals surface area contributed by atoms with Crippen LogP contribution in [0.15, 0.2) is 42.5 Å². The first-order chi connectivity index (χ1) is 15.6. The number of benzene rings is 2. The minimum Gasteiger partial charge on any atom is -0.444 e. The van der Waals surface area contributed by atoms with E-state index in [4.69, 9.17) is 9.72 Å². The van der Waals surface area contributed by atoms with Crippen molar-refractivity contribution in [2.75, 3.05) is 5.32 Å². The largest absolute Gasteiger partial charge is 0.444 e. The fourth-order valence-electron chi connectivity index (χ4n) is 4.25. The Morgan fingerprint density at radius 3 is 2.94 bits per heavy atom. The van der Waals surface area contributed by atoms with Crippen molar-refractivity contribution >= 4 is 33.5 Å². The third-order valence-corrected chi connectivity index (χ3v) is 7.04. The number of ether oxygens (including phenoxy) is 1. The molecule has 1 amide bonds. The van der Waals surface area contributed by atoms with Crippen molar-refractivity contribution in [1.82, 2.24) is 14.5 Å². The Labute approximate surface area is 191 Å². The van der Waals surface area contributed by atoms with Crippen LogP contribution in [0.4, 0.5) is 9.80 Å². The molecule has 6 nitrogen and oxygen atoms in total. The van der Waals surface area contributed by atoms with Crippen LogP contribution in [0.25, 0.3) is 21.6 Å². The third kappa shape index (κ3) is 4.00. The highest BCUT2D eigenvalue weighted by Crippen LogP contribution is 2.34. The second kappa shape index (κ2) is 8.74. The second-order valence-corrected chi connectivity index (χ2v) is 9.10. The standard InChI is InChI=1S/C25H26N4O2S/c1-3-18-8-4-5-9-19(18)24-26-16(2)23(32-24)28-25(30)31-15-17-11-12-21-20(14-17)27-22-10-6-7-13-29(21)22/h4-5,8-9,11-12,14H,3,6-7,10,13,15H2,1-2H3,(H,28,30). The lowest BCUT2D eigenvalue weighted by Crippen LogP contribution is -2.13. The number of hydrogen-bond acceptors (Lipinski definition) is 5. The number of anilines is 1. The number of nitrogens with zero attached hydrogens (tertiary/aromatic N) is 3. The van der Waals surface area contributed by atoms with Crippen molar-refractivity contribution in [2.45, 2.75) is 52.7 Å². The molecule has 0 fully saturated rings. The molecule has 32 heavy (non-hydrogen) atoms. The molecule has 1 N–H and O–H groups in total. The fourth-order valence-corrected chi connectivity index (χ4v) is 5.26. The molecule has 0 saturated carbocycles. The molecule has 0 saturated heterocycles. The number of carbonyl (C=O) groups is 1. The zero-order valence-electron chi connectivity index (χ0n) is 18.4. The molecule has 0 unspecified atom stereocenters. The van der Waals surface area contributed by atoms with Gasteiger partial charge in [0.15, 0.2) is 0 Å². The topological polar surface area (TPSA) is 69.0 Å². The van der Waals surface area contributed by atoms with Crippen LogP contribution in [-0.2, 0) is 30.7 Å². The van der Waals surface area contributed by atoms with Gasteiger partial charge in [-0.3, -0.25) is 5.32 Å². The van der Waals surface area contributed by atoms with E-state index in [9.17, 15) is 4.79 Å². The van der Waals surface area contributed by atoms with Crippen LogP contribution in [0.1, 0.15) is 42.4 Å². The number of nitrogens with one attached hydrogen (secondary N) is 1. The zero-order valence-corrected chi connectivity index (χ0v) is 19.2. The molecule has 5 rings (SSSR count). The molecule has 4 aromatic rings. The lowest BCUT2D eigenvalue weighted by atomic mass is 10.1. The van der Waals surface area contributed by atoms with Crippen molar-refractivity contribution in [2.24, 2.45) is 0 Å². The quantitative estimate of drug-likeness (QED) is 0.401. The van der Waals surface area contributed by atoms with Gasteiger partial charge in [0.25, 0.3) is 0 Å². The number of hydrogen-bond donors (Lipinski definition) is 1. The number of carbonyl (C=O) groups excluding carboxylic acids is 1. The van der Waals surface area contributed by atoms with Gasteiger partial charge in [-0.2, -0.15) is 0 Å². The summed E-state index contributed by atoms with van der Waals surface area (Å²) in [6.07, 6.45) is 3.89. The van der Waals surface area contributed by atoms with E-state index in [1.165, 1.54) is 29.7 Å². The molecule has 3 heterocycles. The van der Waals surface area contributed by atoms with E-state index < -0.39 is 6.09 Å². The number of amides is 1. The maximum Gasteiger partial charge on any atom is 0.412 e. The molecule has 0 radical (unpaired) electrons. The summed E-state index contributed by atoms with van der Waals surface area (Å²) in [6.45, 7) is 5.26. The van der Waals surface area contributed by atoms with E-state index in [1.54, 1.807) is 0 Å². The van der Waals surface area contributed by atoms with Crippen LogP contribution in [0.2, 0.25) is 0 Å². The first-order valence-electron chi connectivity index (χ1n) is 11.1. The van der Waals surface area contributed by atoms with Crippen molar-refractivity contribution in [3.63, 3.8) is 0 Å². The highest BCUT2D eigenvalue weighted by molar-refractivity contribution is 7.19. The monoisotopic (exact) mass is 446 g/mol. The minimum absolute atomic E-state index is 0.202. The summed E-state index contributed by atoms with van der Waals surface area (Å²) < 4.78 is 7.79. The van der Waals surface area contributed by atoms with E-state index >= 15 is 0 Å². The average molecular weight is 447 g/mol. The van der Waals surface area contributed by atoms with Crippen LogP contribution >= 0.6 is 11.3 Å². The van der Waals surface area contributed by atoms with Crippen LogP contribution < -0.4 is 5.32 Å². The fraction of sp³-hybridized carbons (Fsp3) is 0.320. The number of thiazole rings is 1. The van der Waals surface area contributed by atoms with Gasteiger partial charge in [-0.25, -0.2) is 14.8 Å². The first kappa shape index (κ1) is 20.7. The number of fused-ring (bicyclic) bond motifs is 3. The van der Waals surface area contributed by atoms with Crippen molar-refractivity contribution in [1.29, 1.82) is 0 Å². The number of aryl methyl sites for hydroxylation is 4. The summed E-state index contributed by atoms with van der Waals surface area (Å²) >= 11 is 1.47. The Hall–Kier alpha value is -3.19. The predicted octanol–water partition coefficient (Wildman–Crippen LogP) is 6.12. The molecule has 1 aliphatic rings. The van der Waals surface area contributed by atoms with Gasteiger partial charge >= 0.3 is 6.09 Å². The number of rotatable bonds is 5. The highest BCUT2D eigenvalue weighted by atomic mass is 32.1.